The molecule has 1 spiro atoms. The summed E-state index contributed by atoms with van der Waals surface area (Å²) in [6, 6.07) is 4.19. The predicted molar refractivity (Wildman–Crippen MR) is 113 cm³/mol. The number of amides is 1. The molecule has 8 nitrogen and oxygen atoms in total. The van der Waals surface area contributed by atoms with E-state index in [2.05, 4.69) is 9.98 Å². The molecule has 1 amide bonds. The normalized spacial score (nSPS) is 18.9. The van der Waals surface area contributed by atoms with Gasteiger partial charge in [0.2, 0.25) is 11.9 Å². The molecule has 29 heavy (non-hydrogen) atoms. The zero-order valence-corrected chi connectivity index (χ0v) is 17.4. The van der Waals surface area contributed by atoms with Gasteiger partial charge in [-0.05, 0) is 64.7 Å². The summed E-state index contributed by atoms with van der Waals surface area (Å²) < 4.78 is 19.6. The van der Waals surface area contributed by atoms with Gasteiger partial charge in [0.15, 0.2) is 0 Å². The number of ether oxygens (including phenoxy) is 1. The summed E-state index contributed by atoms with van der Waals surface area (Å²) in [7, 11) is 1.54. The van der Waals surface area contributed by atoms with Crippen molar-refractivity contribution < 1.29 is 13.9 Å². The van der Waals surface area contributed by atoms with E-state index in [1.165, 1.54) is 24.1 Å². The average Bonchev–Trinajstić information content (AvgIpc) is 2.60. The van der Waals surface area contributed by atoms with Crippen molar-refractivity contribution in [1.82, 2.24) is 0 Å². The van der Waals surface area contributed by atoms with Crippen LogP contribution in [0.5, 0.6) is 0 Å². The van der Waals surface area contributed by atoms with Gasteiger partial charge in [0.25, 0.3) is 0 Å². The number of hydrogen-bond donors (Lipinski definition) is 2. The van der Waals surface area contributed by atoms with Crippen LogP contribution in [0.3, 0.4) is 0 Å². The molecule has 1 aromatic rings. The van der Waals surface area contributed by atoms with Gasteiger partial charge in [-0.3, -0.25) is 9.80 Å². The highest BCUT2D eigenvalue weighted by atomic mass is 19.1. The molecule has 3 rings (SSSR count). The smallest absolute Gasteiger partial charge is 0.414 e. The quantitative estimate of drug-likeness (QED) is 0.786. The van der Waals surface area contributed by atoms with Crippen molar-refractivity contribution in [2.24, 2.45) is 21.5 Å². The third kappa shape index (κ3) is 4.28. The van der Waals surface area contributed by atoms with Gasteiger partial charge in [-0.15, -0.1) is 0 Å². The Kier molecular flexibility index (Phi) is 5.42. The van der Waals surface area contributed by atoms with Crippen LogP contribution < -0.4 is 21.3 Å². The van der Waals surface area contributed by atoms with Crippen molar-refractivity contribution in [3.63, 3.8) is 0 Å². The Morgan fingerprint density at radius 3 is 2.52 bits per heavy atom. The summed E-state index contributed by atoms with van der Waals surface area (Å²) in [5, 5.41) is 0. The van der Waals surface area contributed by atoms with E-state index in [-0.39, 0.29) is 11.9 Å². The Morgan fingerprint density at radius 2 is 1.90 bits per heavy atom. The van der Waals surface area contributed by atoms with Gasteiger partial charge >= 0.3 is 6.09 Å². The van der Waals surface area contributed by atoms with Crippen LogP contribution in [0.25, 0.3) is 0 Å². The standard InChI is InChI=1S/C20H29FN6O2/c1-19(2,3)29-18(28)26(4)15-12-13(21)8-9-14(15)27-17(23)24-16(22)25-20(27)10-6-5-7-11-20/h8-9,12H,5-7,10-11H2,1-4H3,(H4,22,23,24,25). The van der Waals surface area contributed by atoms with Crippen molar-refractivity contribution in [3.8, 4) is 0 Å². The molecular weight excluding hydrogens is 375 g/mol. The first kappa shape index (κ1) is 20.9. The van der Waals surface area contributed by atoms with Crippen molar-refractivity contribution in [1.29, 1.82) is 0 Å². The van der Waals surface area contributed by atoms with Gasteiger partial charge in [-0.25, -0.2) is 14.2 Å². The SMILES string of the molecule is CN(C(=O)OC(C)(C)C)c1cc(F)ccc1N1C(N)=NC(N)=NC12CCCCC2. The lowest BCUT2D eigenvalue weighted by atomic mass is 9.87. The summed E-state index contributed by atoms with van der Waals surface area (Å²) in [5.74, 6) is -0.179. The van der Waals surface area contributed by atoms with Crippen LogP contribution in [0.2, 0.25) is 0 Å². The fraction of sp³-hybridized carbons (Fsp3) is 0.550. The zero-order valence-electron chi connectivity index (χ0n) is 17.4. The van der Waals surface area contributed by atoms with E-state index in [1.54, 1.807) is 31.7 Å². The number of rotatable bonds is 2. The van der Waals surface area contributed by atoms with Gasteiger partial charge in [-0.2, -0.15) is 4.99 Å². The first-order chi connectivity index (χ1) is 13.5. The number of anilines is 2. The van der Waals surface area contributed by atoms with E-state index in [9.17, 15) is 9.18 Å². The largest absolute Gasteiger partial charge is 0.443 e. The second-order valence-corrected chi connectivity index (χ2v) is 8.49. The Labute approximate surface area is 170 Å². The number of nitrogens with two attached hydrogens (primary N) is 2. The van der Waals surface area contributed by atoms with Crippen LogP contribution in [-0.2, 0) is 4.74 Å². The van der Waals surface area contributed by atoms with Crippen LogP contribution in [-0.4, -0.2) is 36.3 Å². The molecule has 0 radical (unpaired) electrons. The molecule has 0 bridgehead atoms. The molecule has 9 heteroatoms. The van der Waals surface area contributed by atoms with E-state index in [0.29, 0.717) is 11.4 Å². The fourth-order valence-corrected chi connectivity index (χ4v) is 3.85. The van der Waals surface area contributed by atoms with Crippen LogP contribution in [0.15, 0.2) is 28.2 Å². The lowest BCUT2D eigenvalue weighted by molar-refractivity contribution is 0.0589. The third-order valence-corrected chi connectivity index (χ3v) is 5.06. The molecule has 1 heterocycles. The zero-order chi connectivity index (χ0) is 21.4. The van der Waals surface area contributed by atoms with Crippen molar-refractivity contribution in [3.05, 3.63) is 24.0 Å². The molecule has 2 aliphatic rings. The third-order valence-electron chi connectivity index (χ3n) is 5.06. The highest BCUT2D eigenvalue weighted by molar-refractivity contribution is 6.08. The van der Waals surface area contributed by atoms with Crippen molar-refractivity contribution in [2.45, 2.75) is 64.1 Å². The topological polar surface area (TPSA) is 110 Å². The number of hydrogen-bond acceptors (Lipinski definition) is 7. The first-order valence-electron chi connectivity index (χ1n) is 9.78. The molecule has 1 aliphatic heterocycles. The number of nitrogens with zero attached hydrogens (tertiary/aromatic N) is 4. The lowest BCUT2D eigenvalue weighted by Gasteiger charge is -2.46. The number of halogens is 1. The van der Waals surface area contributed by atoms with Gasteiger partial charge in [0, 0.05) is 7.05 Å². The predicted octanol–water partition coefficient (Wildman–Crippen LogP) is 3.31. The van der Waals surface area contributed by atoms with E-state index < -0.39 is 23.2 Å². The van der Waals surface area contributed by atoms with E-state index >= 15 is 0 Å². The molecule has 0 unspecified atom stereocenters. The first-order valence-corrected chi connectivity index (χ1v) is 9.78. The minimum atomic E-state index is -0.699. The number of carbonyl (C=O) groups is 1. The molecule has 0 atom stereocenters. The van der Waals surface area contributed by atoms with E-state index in [4.69, 9.17) is 16.2 Å². The van der Waals surface area contributed by atoms with Gasteiger partial charge < -0.3 is 16.2 Å². The number of aliphatic imine (C=N–C) groups is 2. The Balaban J connectivity index is 2.08. The maximum atomic E-state index is 14.2. The highest BCUT2D eigenvalue weighted by Crippen LogP contribution is 2.43. The number of benzene rings is 1. The lowest BCUT2D eigenvalue weighted by Crippen LogP contribution is -2.58. The monoisotopic (exact) mass is 404 g/mol. The molecule has 0 aromatic heterocycles. The van der Waals surface area contributed by atoms with Crippen LogP contribution in [0.1, 0.15) is 52.9 Å². The second-order valence-electron chi connectivity index (χ2n) is 8.49. The fourth-order valence-electron chi connectivity index (χ4n) is 3.85. The molecule has 0 saturated heterocycles. The van der Waals surface area contributed by atoms with Gasteiger partial charge in [-0.1, -0.05) is 6.42 Å². The molecule has 4 N–H and O–H groups in total. The molecule has 1 saturated carbocycles. The van der Waals surface area contributed by atoms with Crippen LogP contribution >= 0.6 is 0 Å². The average molecular weight is 404 g/mol. The van der Waals surface area contributed by atoms with Crippen LogP contribution in [0, 0.1) is 5.82 Å². The number of guanidine groups is 2. The van der Waals surface area contributed by atoms with Gasteiger partial charge in [0.05, 0.1) is 11.4 Å². The molecule has 1 fully saturated rings. The van der Waals surface area contributed by atoms with Crippen LogP contribution in [0.4, 0.5) is 20.6 Å². The van der Waals surface area contributed by atoms with E-state index in [0.717, 1.165) is 32.1 Å². The second kappa shape index (κ2) is 7.53. The minimum Gasteiger partial charge on any atom is -0.443 e. The highest BCUT2D eigenvalue weighted by Gasteiger charge is 2.44. The Morgan fingerprint density at radius 1 is 1.24 bits per heavy atom. The van der Waals surface area contributed by atoms with Crippen molar-refractivity contribution >= 4 is 29.4 Å². The van der Waals surface area contributed by atoms with E-state index in [1.807, 2.05) is 0 Å². The summed E-state index contributed by atoms with van der Waals surface area (Å²) >= 11 is 0. The van der Waals surface area contributed by atoms with Gasteiger partial charge in [0.1, 0.15) is 17.1 Å². The molecule has 158 valence electrons. The minimum absolute atomic E-state index is 0.129. The van der Waals surface area contributed by atoms with Crippen molar-refractivity contribution in [2.75, 3.05) is 16.8 Å². The summed E-state index contributed by atoms with van der Waals surface area (Å²) in [4.78, 5) is 24.5. The Bertz CT molecular complexity index is 855. The maximum absolute atomic E-state index is 14.2. The molecule has 1 aromatic carbocycles. The number of carbonyl (C=O) groups excluding carboxylic acids is 1. The summed E-state index contributed by atoms with van der Waals surface area (Å²) in [6.45, 7) is 5.32. The molecular formula is C20H29FN6O2. The summed E-state index contributed by atoms with van der Waals surface area (Å²) in [6.07, 6.45) is 3.87. The Hall–Kier alpha value is -2.84. The summed E-state index contributed by atoms with van der Waals surface area (Å²) in [5.41, 5.74) is 11.7. The molecule has 1 aliphatic carbocycles. The maximum Gasteiger partial charge on any atom is 0.414 e.